The number of aryl methyl sites for hydroxylation is 3. The number of hydrogen-bond acceptors (Lipinski definition) is 6. The highest BCUT2D eigenvalue weighted by Gasteiger charge is 2.31. The molecule has 0 unspecified atom stereocenters. The van der Waals surface area contributed by atoms with Gasteiger partial charge in [-0.25, -0.2) is 17.7 Å². The minimum absolute atomic E-state index is 0.205. The molecule has 2 heterocycles. The Kier molecular flexibility index (Phi) is 5.12. The summed E-state index contributed by atoms with van der Waals surface area (Å²) >= 11 is 0. The van der Waals surface area contributed by atoms with Gasteiger partial charge < -0.3 is 4.42 Å². The Labute approximate surface area is 163 Å². The fourth-order valence-electron chi connectivity index (χ4n) is 3.04. The second-order valence-electron chi connectivity index (χ2n) is 6.63. The normalized spacial score (nSPS) is 11.6. The molecule has 0 saturated carbocycles. The monoisotopic (exact) mass is 402 g/mol. The lowest BCUT2D eigenvalue weighted by molar-refractivity contribution is -0.116. The van der Waals surface area contributed by atoms with Crippen molar-refractivity contribution in [2.24, 2.45) is 7.05 Å². The summed E-state index contributed by atoms with van der Waals surface area (Å²) < 4.78 is 32.9. The molecule has 28 heavy (non-hydrogen) atoms. The SMILES string of the molecule is Cc1nn(C)c(C)c1N(C(=O)Cc1nc(-c2ccccc2)oc1C)S(C)(=O)=O. The van der Waals surface area contributed by atoms with E-state index in [2.05, 4.69) is 10.1 Å². The summed E-state index contributed by atoms with van der Waals surface area (Å²) in [6, 6.07) is 9.30. The molecule has 2 aromatic heterocycles. The summed E-state index contributed by atoms with van der Waals surface area (Å²) in [4.78, 5) is 17.4. The quantitative estimate of drug-likeness (QED) is 0.650. The lowest BCUT2D eigenvalue weighted by atomic mass is 10.2. The van der Waals surface area contributed by atoms with Crippen LogP contribution in [0, 0.1) is 20.8 Å². The average molecular weight is 402 g/mol. The van der Waals surface area contributed by atoms with Crippen LogP contribution in [0.5, 0.6) is 0 Å². The van der Waals surface area contributed by atoms with Crippen LogP contribution in [0.1, 0.15) is 22.8 Å². The van der Waals surface area contributed by atoms with Crippen molar-refractivity contribution in [3.63, 3.8) is 0 Å². The molecule has 3 aromatic rings. The van der Waals surface area contributed by atoms with Crippen LogP contribution in [-0.2, 0) is 28.3 Å². The van der Waals surface area contributed by atoms with Gasteiger partial charge in [-0.05, 0) is 32.9 Å². The Bertz CT molecular complexity index is 1130. The van der Waals surface area contributed by atoms with E-state index in [-0.39, 0.29) is 12.1 Å². The van der Waals surface area contributed by atoms with E-state index in [1.807, 2.05) is 30.3 Å². The maximum absolute atomic E-state index is 13.0. The maximum Gasteiger partial charge on any atom is 0.247 e. The van der Waals surface area contributed by atoms with Gasteiger partial charge in [0.25, 0.3) is 0 Å². The van der Waals surface area contributed by atoms with Crippen molar-refractivity contribution in [2.75, 3.05) is 10.6 Å². The van der Waals surface area contributed by atoms with E-state index < -0.39 is 15.9 Å². The largest absolute Gasteiger partial charge is 0.441 e. The molecule has 0 fully saturated rings. The molecule has 148 valence electrons. The molecule has 0 aliphatic carbocycles. The van der Waals surface area contributed by atoms with E-state index in [0.29, 0.717) is 28.7 Å². The zero-order chi connectivity index (χ0) is 20.6. The molecule has 0 aliphatic heterocycles. The van der Waals surface area contributed by atoms with Gasteiger partial charge in [0.15, 0.2) is 0 Å². The molecule has 0 radical (unpaired) electrons. The van der Waals surface area contributed by atoms with Crippen molar-refractivity contribution < 1.29 is 17.6 Å². The molecule has 0 aliphatic rings. The first kappa shape index (κ1) is 19.8. The van der Waals surface area contributed by atoms with Crippen LogP contribution in [0.15, 0.2) is 34.7 Å². The molecule has 8 nitrogen and oxygen atoms in total. The second-order valence-corrected chi connectivity index (χ2v) is 8.46. The molecule has 0 atom stereocenters. The van der Waals surface area contributed by atoms with Crippen molar-refractivity contribution in [1.29, 1.82) is 0 Å². The van der Waals surface area contributed by atoms with Crippen LogP contribution >= 0.6 is 0 Å². The molecule has 0 N–H and O–H groups in total. The van der Waals surface area contributed by atoms with Gasteiger partial charge in [-0.1, -0.05) is 18.2 Å². The first-order chi connectivity index (χ1) is 13.1. The van der Waals surface area contributed by atoms with E-state index in [0.717, 1.165) is 16.1 Å². The van der Waals surface area contributed by atoms with Crippen LogP contribution in [0.3, 0.4) is 0 Å². The average Bonchev–Trinajstić information content (AvgIpc) is 3.09. The minimum Gasteiger partial charge on any atom is -0.441 e. The Morgan fingerprint density at radius 2 is 1.82 bits per heavy atom. The van der Waals surface area contributed by atoms with Gasteiger partial charge in [0.2, 0.25) is 21.8 Å². The first-order valence-corrected chi connectivity index (χ1v) is 10.5. The van der Waals surface area contributed by atoms with Gasteiger partial charge >= 0.3 is 0 Å². The lowest BCUT2D eigenvalue weighted by Crippen LogP contribution is -2.38. The third kappa shape index (κ3) is 3.70. The highest BCUT2D eigenvalue weighted by Crippen LogP contribution is 2.28. The lowest BCUT2D eigenvalue weighted by Gasteiger charge is -2.20. The molecule has 1 aromatic carbocycles. The van der Waals surface area contributed by atoms with Crippen molar-refractivity contribution in [1.82, 2.24) is 14.8 Å². The van der Waals surface area contributed by atoms with Crippen molar-refractivity contribution in [3.05, 3.63) is 53.2 Å². The van der Waals surface area contributed by atoms with E-state index in [9.17, 15) is 13.2 Å². The Morgan fingerprint density at radius 1 is 1.18 bits per heavy atom. The highest BCUT2D eigenvalue weighted by atomic mass is 32.2. The summed E-state index contributed by atoms with van der Waals surface area (Å²) in [7, 11) is -2.16. The molecular weight excluding hydrogens is 380 g/mol. The predicted molar refractivity (Wildman–Crippen MR) is 105 cm³/mol. The molecule has 3 rings (SSSR count). The number of anilines is 1. The van der Waals surface area contributed by atoms with Crippen LogP contribution < -0.4 is 4.31 Å². The summed E-state index contributed by atoms with van der Waals surface area (Å²) in [5, 5.41) is 4.22. The van der Waals surface area contributed by atoms with Gasteiger partial charge in [0, 0.05) is 12.6 Å². The number of hydrogen-bond donors (Lipinski definition) is 0. The standard InChI is InChI=1S/C19H22N4O4S/c1-12-18(13(2)22(4)21-12)23(28(5,25)26)17(24)11-16-14(3)27-19(20-16)15-9-7-6-8-10-15/h6-10H,11H2,1-5H3. The van der Waals surface area contributed by atoms with E-state index in [1.54, 1.807) is 32.5 Å². The van der Waals surface area contributed by atoms with Crippen molar-refractivity contribution in [2.45, 2.75) is 27.2 Å². The Hall–Kier alpha value is -2.94. The fourth-order valence-corrected chi connectivity index (χ4v) is 4.07. The first-order valence-electron chi connectivity index (χ1n) is 8.64. The third-order valence-corrected chi connectivity index (χ3v) is 5.51. The number of carbonyl (C=O) groups excluding carboxylic acids is 1. The predicted octanol–water partition coefficient (Wildman–Crippen LogP) is 2.54. The number of rotatable bonds is 5. The molecule has 0 saturated heterocycles. The fraction of sp³-hybridized carbons (Fsp3) is 0.316. The number of sulfonamides is 1. The van der Waals surface area contributed by atoms with Gasteiger partial charge in [-0.15, -0.1) is 0 Å². The molecule has 1 amide bonds. The van der Waals surface area contributed by atoms with E-state index >= 15 is 0 Å². The van der Waals surface area contributed by atoms with Crippen molar-refractivity contribution >= 4 is 21.6 Å². The summed E-state index contributed by atoms with van der Waals surface area (Å²) in [5.41, 5.74) is 2.50. The smallest absolute Gasteiger partial charge is 0.247 e. The van der Waals surface area contributed by atoms with Crippen LogP contribution in [0.4, 0.5) is 5.69 Å². The number of oxazole rings is 1. The zero-order valence-corrected chi connectivity index (χ0v) is 17.2. The summed E-state index contributed by atoms with van der Waals surface area (Å²) in [6.45, 7) is 5.09. The van der Waals surface area contributed by atoms with Crippen molar-refractivity contribution in [3.8, 4) is 11.5 Å². The molecule has 0 spiro atoms. The van der Waals surface area contributed by atoms with Gasteiger partial charge in [0.1, 0.15) is 11.4 Å². The van der Waals surface area contributed by atoms with Gasteiger partial charge in [0.05, 0.1) is 29.8 Å². The number of carbonyl (C=O) groups is 1. The summed E-state index contributed by atoms with van der Waals surface area (Å²) in [5.74, 6) is 0.249. The van der Waals surface area contributed by atoms with Crippen LogP contribution in [0.2, 0.25) is 0 Å². The molecule has 9 heteroatoms. The van der Waals surface area contributed by atoms with E-state index in [1.165, 1.54) is 0 Å². The topological polar surface area (TPSA) is 98.3 Å². The van der Waals surface area contributed by atoms with E-state index in [4.69, 9.17) is 4.42 Å². The molecular formula is C19H22N4O4S. The third-order valence-electron chi connectivity index (χ3n) is 4.46. The Balaban J connectivity index is 1.97. The van der Waals surface area contributed by atoms with Crippen LogP contribution in [0.25, 0.3) is 11.5 Å². The zero-order valence-electron chi connectivity index (χ0n) is 16.4. The number of amides is 1. The van der Waals surface area contributed by atoms with Crippen LogP contribution in [-0.4, -0.2) is 35.3 Å². The second kappa shape index (κ2) is 7.23. The maximum atomic E-state index is 13.0. The highest BCUT2D eigenvalue weighted by molar-refractivity contribution is 7.92. The number of aromatic nitrogens is 3. The molecule has 0 bridgehead atoms. The summed E-state index contributed by atoms with van der Waals surface area (Å²) in [6.07, 6.45) is 0.796. The van der Waals surface area contributed by atoms with Gasteiger partial charge in [-0.3, -0.25) is 9.48 Å². The van der Waals surface area contributed by atoms with Gasteiger partial charge in [-0.2, -0.15) is 5.10 Å². The minimum atomic E-state index is -3.86. The number of nitrogens with zero attached hydrogens (tertiary/aromatic N) is 4. The number of benzene rings is 1. The Morgan fingerprint density at radius 3 is 2.36 bits per heavy atom.